The molecule has 1 fully saturated rings. The predicted octanol–water partition coefficient (Wildman–Crippen LogP) is 3.52. The smallest absolute Gasteiger partial charge is 0.306 e. The number of aliphatic hydroxyl groups is 2. The Hall–Kier alpha value is -1.13. The van der Waals surface area contributed by atoms with E-state index in [4.69, 9.17) is 4.74 Å². The lowest BCUT2D eigenvalue weighted by Gasteiger charge is -2.17. The minimum absolute atomic E-state index is 0.116. The maximum absolute atomic E-state index is 11.8. The van der Waals surface area contributed by atoms with Crippen LogP contribution in [0.15, 0.2) is 24.3 Å². The number of aliphatic hydroxyl groups excluding tert-OH is 2. The zero-order chi connectivity index (χ0) is 17.4. The van der Waals surface area contributed by atoms with Gasteiger partial charge in [0.2, 0.25) is 0 Å². The van der Waals surface area contributed by atoms with Crippen molar-refractivity contribution in [2.75, 3.05) is 0 Å². The van der Waals surface area contributed by atoms with Crippen molar-refractivity contribution in [3.8, 4) is 0 Å². The Morgan fingerprint density at radius 2 is 2.12 bits per heavy atom. The molecule has 1 aliphatic carbocycles. The fourth-order valence-corrected chi connectivity index (χ4v) is 3.39. The Kier molecular flexibility index (Phi) is 8.00. The molecule has 0 spiro atoms. The number of esters is 1. The van der Waals surface area contributed by atoms with Crippen molar-refractivity contribution in [3.63, 3.8) is 0 Å². The highest BCUT2D eigenvalue weighted by Crippen LogP contribution is 2.46. The Labute approximate surface area is 145 Å². The van der Waals surface area contributed by atoms with Gasteiger partial charge in [0.1, 0.15) is 6.10 Å². The molecule has 5 atom stereocenters. The average Bonchev–Trinajstić information content (AvgIpc) is 3.34. The van der Waals surface area contributed by atoms with E-state index in [0.717, 1.165) is 51.4 Å². The van der Waals surface area contributed by atoms with Crippen LogP contribution >= 0.6 is 0 Å². The van der Waals surface area contributed by atoms with Gasteiger partial charge in [-0.2, -0.15) is 0 Å². The van der Waals surface area contributed by atoms with Crippen LogP contribution in [-0.2, 0) is 9.53 Å². The molecule has 0 aromatic heterocycles. The van der Waals surface area contributed by atoms with Gasteiger partial charge in [-0.3, -0.25) is 4.79 Å². The van der Waals surface area contributed by atoms with Crippen molar-refractivity contribution in [1.82, 2.24) is 0 Å². The molecule has 1 saturated carbocycles. The van der Waals surface area contributed by atoms with Crippen LogP contribution in [0, 0.1) is 11.8 Å². The van der Waals surface area contributed by atoms with Gasteiger partial charge in [0.25, 0.3) is 0 Å². The van der Waals surface area contributed by atoms with E-state index in [1.165, 1.54) is 0 Å². The molecule has 1 aliphatic heterocycles. The lowest BCUT2D eigenvalue weighted by atomic mass is 10.1. The third-order valence-electron chi connectivity index (χ3n) is 5.01. The Morgan fingerprint density at radius 3 is 2.92 bits per heavy atom. The minimum Gasteiger partial charge on any atom is -0.462 e. The molecule has 2 rings (SSSR count). The second kappa shape index (κ2) is 10.00. The maximum Gasteiger partial charge on any atom is 0.306 e. The number of unbranched alkanes of at least 4 members (excludes halogenated alkanes) is 2. The van der Waals surface area contributed by atoms with Gasteiger partial charge in [-0.05, 0) is 31.6 Å². The molecule has 0 unspecified atom stereocenters. The zero-order valence-corrected chi connectivity index (χ0v) is 14.8. The number of allylic oxidation sites excluding steroid dienone is 1. The first-order chi connectivity index (χ1) is 11.6. The molecule has 0 aromatic rings. The minimum atomic E-state index is -0.564. The van der Waals surface area contributed by atoms with Gasteiger partial charge in [0.15, 0.2) is 0 Å². The van der Waals surface area contributed by atoms with Crippen LogP contribution in [0.1, 0.15) is 64.7 Å². The van der Waals surface area contributed by atoms with E-state index in [1.54, 1.807) is 12.2 Å². The highest BCUT2D eigenvalue weighted by molar-refractivity contribution is 5.69. The molecule has 0 aromatic carbocycles. The van der Waals surface area contributed by atoms with Gasteiger partial charge in [-0.15, -0.1) is 0 Å². The summed E-state index contributed by atoms with van der Waals surface area (Å²) >= 11 is 0. The van der Waals surface area contributed by atoms with Gasteiger partial charge in [0, 0.05) is 18.8 Å². The van der Waals surface area contributed by atoms with Crippen molar-refractivity contribution < 1.29 is 19.7 Å². The molecule has 0 amide bonds. The molecule has 24 heavy (non-hydrogen) atoms. The van der Waals surface area contributed by atoms with Crippen molar-refractivity contribution in [3.05, 3.63) is 24.3 Å². The van der Waals surface area contributed by atoms with E-state index in [1.807, 2.05) is 0 Å². The molecule has 2 N–H and O–H groups in total. The predicted molar refractivity (Wildman–Crippen MR) is 94.4 cm³/mol. The number of hydrogen-bond donors (Lipinski definition) is 2. The molecule has 136 valence electrons. The van der Waals surface area contributed by atoms with Crippen molar-refractivity contribution in [1.29, 1.82) is 0 Å². The lowest BCUT2D eigenvalue weighted by Crippen LogP contribution is -2.22. The number of ether oxygens (including phenoxy) is 1. The first-order valence-corrected chi connectivity index (χ1v) is 9.50. The van der Waals surface area contributed by atoms with Crippen LogP contribution in [0.3, 0.4) is 0 Å². The van der Waals surface area contributed by atoms with E-state index in [-0.39, 0.29) is 23.9 Å². The van der Waals surface area contributed by atoms with Gasteiger partial charge in [-0.25, -0.2) is 0 Å². The molecular formula is C20H32O4. The van der Waals surface area contributed by atoms with E-state index in [0.29, 0.717) is 6.42 Å². The fraction of sp³-hybridized carbons (Fsp3) is 0.750. The summed E-state index contributed by atoms with van der Waals surface area (Å²) in [4.78, 5) is 11.8. The first-order valence-electron chi connectivity index (χ1n) is 9.50. The summed E-state index contributed by atoms with van der Waals surface area (Å²) in [5, 5.41) is 20.2. The monoisotopic (exact) mass is 336 g/mol. The molecule has 1 heterocycles. The van der Waals surface area contributed by atoms with Crippen LogP contribution in [0.5, 0.6) is 0 Å². The summed E-state index contributed by atoms with van der Waals surface area (Å²) in [5.74, 6) is 0.246. The zero-order valence-electron chi connectivity index (χ0n) is 14.8. The number of cyclic esters (lactones) is 1. The maximum atomic E-state index is 11.8. The third-order valence-corrected chi connectivity index (χ3v) is 5.01. The van der Waals surface area contributed by atoms with E-state index in [2.05, 4.69) is 19.1 Å². The first kappa shape index (κ1) is 19.2. The quantitative estimate of drug-likeness (QED) is 0.404. The fourth-order valence-electron chi connectivity index (χ4n) is 3.39. The van der Waals surface area contributed by atoms with Crippen LogP contribution in [-0.4, -0.2) is 34.5 Å². The average molecular weight is 336 g/mol. The summed E-state index contributed by atoms with van der Waals surface area (Å²) in [6.07, 6.45) is 14.4. The molecule has 4 nitrogen and oxygen atoms in total. The van der Waals surface area contributed by atoms with Crippen LogP contribution in [0.25, 0.3) is 0 Å². The van der Waals surface area contributed by atoms with Crippen molar-refractivity contribution in [2.24, 2.45) is 11.8 Å². The van der Waals surface area contributed by atoms with Crippen LogP contribution in [0.2, 0.25) is 0 Å². The van der Waals surface area contributed by atoms with Gasteiger partial charge in [0.05, 0.1) is 12.2 Å². The molecular weight excluding hydrogens is 304 g/mol. The van der Waals surface area contributed by atoms with Gasteiger partial charge in [-0.1, -0.05) is 50.5 Å². The van der Waals surface area contributed by atoms with Gasteiger partial charge < -0.3 is 14.9 Å². The SMILES string of the molecule is CCCCC[C@@H](O)/C=C/[C@@H](O)[C@@H]1C[C@H]1[C@@H]1C/C=C\CCCC(=O)O1. The lowest BCUT2D eigenvalue weighted by molar-refractivity contribution is -0.150. The summed E-state index contributed by atoms with van der Waals surface area (Å²) in [6.45, 7) is 2.14. The number of carbonyl (C=O) groups is 1. The van der Waals surface area contributed by atoms with Crippen LogP contribution < -0.4 is 0 Å². The number of rotatable bonds is 8. The topological polar surface area (TPSA) is 66.8 Å². The van der Waals surface area contributed by atoms with Crippen molar-refractivity contribution >= 4 is 5.97 Å². The largest absolute Gasteiger partial charge is 0.462 e. The molecule has 4 heteroatoms. The van der Waals surface area contributed by atoms with E-state index in [9.17, 15) is 15.0 Å². The summed E-state index contributed by atoms with van der Waals surface area (Å²) < 4.78 is 5.59. The highest BCUT2D eigenvalue weighted by Gasteiger charge is 2.47. The Morgan fingerprint density at radius 1 is 1.29 bits per heavy atom. The number of carbonyl (C=O) groups excluding carboxylic acids is 1. The molecule has 2 aliphatic rings. The standard InChI is InChI=1S/C20H32O4/c1-2-3-6-9-15(21)12-13-18(22)16-14-17(16)19-10-7-4-5-8-11-20(23)24-19/h4,7,12-13,15-19,21-22H,2-3,5-6,8-11,14H2,1H3/b7-4-,13-12+/t15-,16-,17-,18-,19+/m1/s1. The van der Waals surface area contributed by atoms with Gasteiger partial charge >= 0.3 is 5.97 Å². The second-order valence-corrected chi connectivity index (χ2v) is 7.13. The van der Waals surface area contributed by atoms with Crippen molar-refractivity contribution in [2.45, 2.75) is 83.0 Å². The summed E-state index contributed by atoms with van der Waals surface area (Å²) in [7, 11) is 0. The van der Waals surface area contributed by atoms with E-state index < -0.39 is 12.2 Å². The summed E-state index contributed by atoms with van der Waals surface area (Å²) in [5.41, 5.74) is 0. The Balaban J connectivity index is 1.78. The van der Waals surface area contributed by atoms with Crippen LogP contribution in [0.4, 0.5) is 0 Å². The van der Waals surface area contributed by atoms with E-state index >= 15 is 0 Å². The second-order valence-electron chi connectivity index (χ2n) is 7.13. The molecule has 0 radical (unpaired) electrons. The molecule has 0 saturated heterocycles. The normalized spacial score (nSPS) is 31.6. The molecule has 0 bridgehead atoms. The highest BCUT2D eigenvalue weighted by atomic mass is 16.5. The summed E-state index contributed by atoms with van der Waals surface area (Å²) in [6, 6.07) is 0. The third kappa shape index (κ3) is 6.40. The Bertz CT molecular complexity index is 443. The number of hydrogen-bond acceptors (Lipinski definition) is 4.